The van der Waals surface area contributed by atoms with Crippen LogP contribution < -0.4 is 5.32 Å². The van der Waals surface area contributed by atoms with Crippen molar-refractivity contribution in [1.82, 2.24) is 10.2 Å². The summed E-state index contributed by atoms with van der Waals surface area (Å²) in [6, 6.07) is 4.45. The van der Waals surface area contributed by atoms with Crippen LogP contribution in [0.5, 0.6) is 0 Å². The second-order valence-corrected chi connectivity index (χ2v) is 6.94. The summed E-state index contributed by atoms with van der Waals surface area (Å²) in [4.78, 5) is 38.0. The van der Waals surface area contributed by atoms with Crippen LogP contribution in [0.3, 0.4) is 0 Å². The van der Waals surface area contributed by atoms with Crippen molar-refractivity contribution in [1.29, 1.82) is 5.26 Å². The highest BCUT2D eigenvalue weighted by atomic mass is 35.5. The molecule has 8 heteroatoms. The van der Waals surface area contributed by atoms with Gasteiger partial charge in [-0.1, -0.05) is 25.4 Å². The van der Waals surface area contributed by atoms with Crippen molar-refractivity contribution in [3.63, 3.8) is 0 Å². The van der Waals surface area contributed by atoms with E-state index in [1.54, 1.807) is 13.8 Å². The Kier molecular flexibility index (Phi) is 6.22. The highest BCUT2D eigenvalue weighted by Crippen LogP contribution is 2.21. The number of halogens is 1. The molecule has 0 aliphatic carbocycles. The molecule has 1 saturated heterocycles. The van der Waals surface area contributed by atoms with Crippen molar-refractivity contribution < 1.29 is 19.5 Å². The van der Waals surface area contributed by atoms with Crippen molar-refractivity contribution in [2.24, 2.45) is 5.92 Å². The fourth-order valence-corrected chi connectivity index (χ4v) is 3.12. The van der Waals surface area contributed by atoms with Crippen molar-refractivity contribution in [3.8, 4) is 6.07 Å². The average Bonchev–Trinajstić information content (AvgIpc) is 3.09. The van der Waals surface area contributed by atoms with E-state index in [0.29, 0.717) is 19.4 Å². The summed E-state index contributed by atoms with van der Waals surface area (Å²) >= 11 is 5.87. The van der Waals surface area contributed by atoms with Crippen molar-refractivity contribution >= 4 is 29.4 Å². The van der Waals surface area contributed by atoms with Gasteiger partial charge >= 0.3 is 5.97 Å². The molecule has 7 nitrogen and oxygen atoms in total. The zero-order chi connectivity index (χ0) is 19.4. The van der Waals surface area contributed by atoms with E-state index in [9.17, 15) is 19.5 Å². The van der Waals surface area contributed by atoms with Crippen LogP contribution in [0.1, 0.15) is 42.6 Å². The third kappa shape index (κ3) is 4.14. The third-order valence-electron chi connectivity index (χ3n) is 4.39. The van der Waals surface area contributed by atoms with Gasteiger partial charge < -0.3 is 15.3 Å². The molecule has 1 aromatic carbocycles. The second kappa shape index (κ2) is 8.19. The summed E-state index contributed by atoms with van der Waals surface area (Å²) in [7, 11) is 0. The number of carbonyl (C=O) groups excluding carboxylic acids is 2. The molecule has 1 aromatic rings. The van der Waals surface area contributed by atoms with Crippen LogP contribution in [0, 0.1) is 17.2 Å². The number of carboxylic acid groups (broad SMARTS) is 1. The lowest BCUT2D eigenvalue weighted by Gasteiger charge is -2.29. The van der Waals surface area contributed by atoms with E-state index in [0.717, 1.165) is 0 Å². The van der Waals surface area contributed by atoms with Gasteiger partial charge in [-0.05, 0) is 37.0 Å². The quantitative estimate of drug-likeness (QED) is 0.815. The zero-order valence-corrected chi connectivity index (χ0v) is 15.3. The van der Waals surface area contributed by atoms with E-state index in [1.165, 1.54) is 23.1 Å². The fraction of sp³-hybridized carbons (Fsp3) is 0.444. The molecule has 1 aliphatic heterocycles. The highest BCUT2D eigenvalue weighted by Gasteiger charge is 2.38. The van der Waals surface area contributed by atoms with Crippen molar-refractivity contribution in [2.75, 3.05) is 6.54 Å². The number of benzene rings is 1. The number of nitrogens with zero attached hydrogens (tertiary/aromatic N) is 2. The minimum absolute atomic E-state index is 0.164. The van der Waals surface area contributed by atoms with Crippen LogP contribution in [-0.2, 0) is 9.59 Å². The van der Waals surface area contributed by atoms with Gasteiger partial charge in [0.25, 0.3) is 5.91 Å². The van der Waals surface area contributed by atoms with E-state index < -0.39 is 29.9 Å². The average molecular weight is 378 g/mol. The minimum Gasteiger partial charge on any atom is -0.480 e. The SMILES string of the molecule is CC(C)[C@H](NC(=O)c1ccc(Cl)c(C#N)c1)C(=O)N1CCC[C@H]1C(=O)O. The maximum absolute atomic E-state index is 12.8. The number of likely N-dealkylation sites (tertiary alicyclic amines) is 1. The molecule has 2 atom stereocenters. The Morgan fingerprint density at radius 2 is 2.08 bits per heavy atom. The van der Waals surface area contributed by atoms with Crippen LogP contribution in [0.4, 0.5) is 0 Å². The summed E-state index contributed by atoms with van der Waals surface area (Å²) < 4.78 is 0. The Morgan fingerprint density at radius 1 is 1.38 bits per heavy atom. The molecule has 138 valence electrons. The van der Waals surface area contributed by atoms with Crippen LogP contribution >= 0.6 is 11.6 Å². The standard InChI is InChI=1S/C18H20ClN3O4/c1-10(2)15(17(24)22-7-3-4-14(22)18(25)26)21-16(23)11-5-6-13(19)12(8-11)9-20/h5-6,8,10,14-15H,3-4,7H2,1-2H3,(H,21,23)(H,25,26)/t14-,15-/m0/s1. The Hall–Kier alpha value is -2.59. The minimum atomic E-state index is -1.04. The van der Waals surface area contributed by atoms with E-state index in [-0.39, 0.29) is 22.1 Å². The van der Waals surface area contributed by atoms with Crippen LogP contribution in [-0.4, -0.2) is 46.4 Å². The molecule has 2 rings (SSSR count). The van der Waals surface area contributed by atoms with Gasteiger partial charge in [-0.2, -0.15) is 5.26 Å². The molecule has 2 amide bonds. The molecule has 0 radical (unpaired) electrons. The predicted molar refractivity (Wildman–Crippen MR) is 94.6 cm³/mol. The first-order chi connectivity index (χ1) is 12.3. The number of nitrogens with one attached hydrogen (secondary N) is 1. The van der Waals surface area contributed by atoms with Crippen LogP contribution in [0.25, 0.3) is 0 Å². The van der Waals surface area contributed by atoms with Gasteiger partial charge in [0.15, 0.2) is 0 Å². The molecule has 0 aromatic heterocycles. The molecule has 0 unspecified atom stereocenters. The molecule has 26 heavy (non-hydrogen) atoms. The monoisotopic (exact) mass is 377 g/mol. The molecule has 0 saturated carbocycles. The smallest absolute Gasteiger partial charge is 0.326 e. The Bertz CT molecular complexity index is 772. The lowest BCUT2D eigenvalue weighted by atomic mass is 10.0. The number of nitriles is 1. The molecular formula is C18H20ClN3O4. The summed E-state index contributed by atoms with van der Waals surface area (Å²) in [5, 5.41) is 21.2. The molecule has 1 aliphatic rings. The Morgan fingerprint density at radius 3 is 2.65 bits per heavy atom. The maximum Gasteiger partial charge on any atom is 0.326 e. The Labute approximate surface area is 156 Å². The molecule has 1 heterocycles. The van der Waals surface area contributed by atoms with Crippen LogP contribution in [0.2, 0.25) is 5.02 Å². The van der Waals surface area contributed by atoms with Gasteiger partial charge in [-0.15, -0.1) is 0 Å². The highest BCUT2D eigenvalue weighted by molar-refractivity contribution is 6.31. The largest absolute Gasteiger partial charge is 0.480 e. The van der Waals surface area contributed by atoms with Gasteiger partial charge in [-0.3, -0.25) is 9.59 Å². The number of hydrogen-bond acceptors (Lipinski definition) is 4. The Balaban J connectivity index is 2.20. The van der Waals surface area contributed by atoms with Crippen molar-refractivity contribution in [2.45, 2.75) is 38.8 Å². The summed E-state index contributed by atoms with van der Waals surface area (Å²) in [5.74, 6) is -2.20. The first-order valence-electron chi connectivity index (χ1n) is 8.30. The number of rotatable bonds is 5. The molecule has 0 spiro atoms. The van der Waals surface area contributed by atoms with Gasteiger partial charge in [0, 0.05) is 12.1 Å². The number of carbonyl (C=O) groups is 3. The van der Waals surface area contributed by atoms with E-state index in [4.69, 9.17) is 16.9 Å². The molecule has 2 N–H and O–H groups in total. The topological polar surface area (TPSA) is 111 Å². The normalized spacial score (nSPS) is 17.7. The lowest BCUT2D eigenvalue weighted by Crippen LogP contribution is -2.53. The first-order valence-corrected chi connectivity index (χ1v) is 8.67. The summed E-state index contributed by atoms with van der Waals surface area (Å²) in [6.07, 6.45) is 1.02. The van der Waals surface area contributed by atoms with Gasteiger partial charge in [-0.25, -0.2) is 4.79 Å². The van der Waals surface area contributed by atoms with Crippen molar-refractivity contribution in [3.05, 3.63) is 34.3 Å². The molecule has 1 fully saturated rings. The second-order valence-electron chi connectivity index (χ2n) is 6.53. The summed E-state index contributed by atoms with van der Waals surface area (Å²) in [6.45, 7) is 3.91. The third-order valence-corrected chi connectivity index (χ3v) is 4.72. The number of amides is 2. The van der Waals surface area contributed by atoms with Crippen LogP contribution in [0.15, 0.2) is 18.2 Å². The fourth-order valence-electron chi connectivity index (χ4n) is 2.96. The predicted octanol–water partition coefficient (Wildman–Crippen LogP) is 2.04. The van der Waals surface area contributed by atoms with E-state index in [1.807, 2.05) is 6.07 Å². The van der Waals surface area contributed by atoms with E-state index in [2.05, 4.69) is 5.32 Å². The van der Waals surface area contributed by atoms with Gasteiger partial charge in [0.05, 0.1) is 10.6 Å². The molecule has 0 bridgehead atoms. The summed E-state index contributed by atoms with van der Waals surface area (Å²) in [5.41, 5.74) is 0.373. The van der Waals surface area contributed by atoms with E-state index >= 15 is 0 Å². The zero-order valence-electron chi connectivity index (χ0n) is 14.5. The number of aliphatic carboxylic acids is 1. The lowest BCUT2D eigenvalue weighted by molar-refractivity contribution is -0.149. The maximum atomic E-state index is 12.8. The number of hydrogen-bond donors (Lipinski definition) is 2. The molecular weight excluding hydrogens is 358 g/mol. The first kappa shape index (κ1) is 19.7. The van der Waals surface area contributed by atoms with Gasteiger partial charge in [0.2, 0.25) is 5.91 Å². The van der Waals surface area contributed by atoms with Gasteiger partial charge in [0.1, 0.15) is 18.2 Å². The number of carboxylic acids is 1.